The molecule has 3 rings (SSSR count). The van der Waals surface area contributed by atoms with Crippen molar-refractivity contribution in [2.45, 2.75) is 31.8 Å². The number of amides is 1. The molecule has 0 radical (unpaired) electrons. The van der Waals surface area contributed by atoms with Crippen LogP contribution in [0, 0.1) is 11.3 Å². The van der Waals surface area contributed by atoms with Crippen LogP contribution in [-0.2, 0) is 11.8 Å². The van der Waals surface area contributed by atoms with Crippen molar-refractivity contribution in [1.29, 1.82) is 5.26 Å². The van der Waals surface area contributed by atoms with E-state index in [4.69, 9.17) is 5.26 Å². The molecule has 1 aromatic heterocycles. The van der Waals surface area contributed by atoms with Crippen LogP contribution in [0.15, 0.2) is 42.6 Å². The first kappa shape index (κ1) is 16.3. The summed E-state index contributed by atoms with van der Waals surface area (Å²) in [6, 6.07) is 13.6. The van der Waals surface area contributed by atoms with Crippen molar-refractivity contribution in [2.75, 3.05) is 11.9 Å². The zero-order chi connectivity index (χ0) is 17.1. The number of aryl methyl sites for hydroxylation is 1. The Morgan fingerprint density at radius 1 is 1.42 bits per heavy atom. The summed E-state index contributed by atoms with van der Waals surface area (Å²) < 4.78 is 2.15. The molecule has 24 heavy (non-hydrogen) atoms. The SMILES string of the molecule is C[C@@H](C(=O)Nc1cccc(C#N)c1)[NH+]1CCC[C@@H]1c1cccn1C. The first-order valence-corrected chi connectivity index (χ1v) is 8.38. The molecule has 2 aromatic rings. The Morgan fingerprint density at radius 3 is 2.96 bits per heavy atom. The lowest BCUT2D eigenvalue weighted by Crippen LogP contribution is -3.15. The minimum absolute atomic E-state index is 0.00111. The van der Waals surface area contributed by atoms with Gasteiger partial charge in [0.15, 0.2) is 6.04 Å². The molecule has 5 nitrogen and oxygen atoms in total. The molecule has 1 fully saturated rings. The average Bonchev–Trinajstić information content (AvgIpc) is 3.22. The number of likely N-dealkylation sites (tertiary alicyclic amines) is 1. The molecule has 0 spiro atoms. The number of nitriles is 1. The molecule has 1 unspecified atom stereocenters. The van der Waals surface area contributed by atoms with E-state index in [9.17, 15) is 4.79 Å². The Kier molecular flexibility index (Phi) is 4.68. The first-order chi connectivity index (χ1) is 11.6. The molecule has 3 atom stereocenters. The van der Waals surface area contributed by atoms with E-state index in [1.165, 1.54) is 10.6 Å². The van der Waals surface area contributed by atoms with Gasteiger partial charge in [-0.3, -0.25) is 4.79 Å². The minimum Gasteiger partial charge on any atom is -0.350 e. The van der Waals surface area contributed by atoms with E-state index in [0.717, 1.165) is 19.4 Å². The van der Waals surface area contributed by atoms with Crippen molar-refractivity contribution in [1.82, 2.24) is 4.57 Å². The van der Waals surface area contributed by atoms with E-state index in [0.29, 0.717) is 17.3 Å². The summed E-state index contributed by atoms with van der Waals surface area (Å²) in [6.45, 7) is 2.99. The van der Waals surface area contributed by atoms with Gasteiger partial charge in [0.05, 0.1) is 23.9 Å². The third kappa shape index (κ3) is 3.19. The molecule has 1 saturated heterocycles. The maximum Gasteiger partial charge on any atom is 0.282 e. The minimum atomic E-state index is -0.141. The van der Waals surface area contributed by atoms with Crippen molar-refractivity contribution < 1.29 is 9.69 Å². The van der Waals surface area contributed by atoms with Crippen LogP contribution in [0.3, 0.4) is 0 Å². The number of nitrogens with one attached hydrogen (secondary N) is 2. The highest BCUT2D eigenvalue weighted by atomic mass is 16.2. The summed E-state index contributed by atoms with van der Waals surface area (Å²) in [4.78, 5) is 14.0. The largest absolute Gasteiger partial charge is 0.350 e. The highest BCUT2D eigenvalue weighted by Gasteiger charge is 2.38. The average molecular weight is 323 g/mol. The Balaban J connectivity index is 1.73. The zero-order valence-corrected chi connectivity index (χ0v) is 14.1. The van der Waals surface area contributed by atoms with E-state index < -0.39 is 0 Å². The van der Waals surface area contributed by atoms with Gasteiger partial charge >= 0.3 is 0 Å². The third-order valence-corrected chi connectivity index (χ3v) is 4.96. The van der Waals surface area contributed by atoms with Crippen LogP contribution in [0.25, 0.3) is 0 Å². The predicted molar refractivity (Wildman–Crippen MR) is 92.5 cm³/mol. The highest BCUT2D eigenvalue weighted by molar-refractivity contribution is 5.93. The van der Waals surface area contributed by atoms with Crippen molar-refractivity contribution >= 4 is 11.6 Å². The maximum atomic E-state index is 12.7. The van der Waals surface area contributed by atoms with E-state index in [1.807, 2.05) is 13.0 Å². The number of hydrogen-bond acceptors (Lipinski definition) is 2. The molecule has 0 aliphatic carbocycles. The summed E-state index contributed by atoms with van der Waals surface area (Å²) in [5, 5.41) is 11.9. The van der Waals surface area contributed by atoms with Gasteiger partial charge < -0.3 is 14.8 Å². The number of hydrogen-bond donors (Lipinski definition) is 2. The Hall–Kier alpha value is -2.58. The van der Waals surface area contributed by atoms with Crippen LogP contribution in [0.4, 0.5) is 5.69 Å². The lowest BCUT2D eigenvalue weighted by molar-refractivity contribution is -0.932. The molecule has 0 bridgehead atoms. The number of benzene rings is 1. The molecular formula is C19H23N4O+. The van der Waals surface area contributed by atoms with Crippen LogP contribution < -0.4 is 10.2 Å². The topological polar surface area (TPSA) is 62.3 Å². The Labute approximate surface area is 142 Å². The van der Waals surface area contributed by atoms with Crippen molar-refractivity contribution in [3.63, 3.8) is 0 Å². The van der Waals surface area contributed by atoms with E-state index in [1.54, 1.807) is 18.2 Å². The number of rotatable bonds is 4. The second-order valence-electron chi connectivity index (χ2n) is 6.47. The van der Waals surface area contributed by atoms with Crippen LogP contribution >= 0.6 is 0 Å². The predicted octanol–water partition coefficient (Wildman–Crippen LogP) is 1.64. The van der Waals surface area contributed by atoms with Gasteiger partial charge in [-0.1, -0.05) is 6.07 Å². The fourth-order valence-electron chi connectivity index (χ4n) is 3.65. The molecule has 1 aliphatic heterocycles. The number of nitrogens with zero attached hydrogens (tertiary/aromatic N) is 2. The number of aromatic nitrogens is 1. The number of carbonyl (C=O) groups excluding carboxylic acids is 1. The van der Waals surface area contributed by atoms with Gasteiger partial charge in [0.1, 0.15) is 6.04 Å². The standard InChI is InChI=1S/C19H22N4O/c1-14(19(24)21-16-7-3-6-15(12-16)13-20)23-11-5-9-18(23)17-8-4-10-22(17)2/h3-4,6-8,10,12,14,18H,5,9,11H2,1-2H3,(H,21,24)/p+1/t14-,18+/m0/s1. The van der Waals surface area contributed by atoms with Gasteiger partial charge in [-0.25, -0.2) is 0 Å². The van der Waals surface area contributed by atoms with Gasteiger partial charge in [0.2, 0.25) is 0 Å². The molecule has 5 heteroatoms. The molecule has 2 heterocycles. The van der Waals surface area contributed by atoms with Gasteiger partial charge in [-0.05, 0) is 37.3 Å². The summed E-state index contributed by atoms with van der Waals surface area (Å²) in [6.07, 6.45) is 4.30. The Bertz CT molecular complexity index is 774. The number of anilines is 1. The monoisotopic (exact) mass is 323 g/mol. The highest BCUT2D eigenvalue weighted by Crippen LogP contribution is 2.20. The Morgan fingerprint density at radius 2 is 2.25 bits per heavy atom. The molecule has 1 aromatic carbocycles. The normalized spacial score (nSPS) is 21.2. The van der Waals surface area contributed by atoms with E-state index >= 15 is 0 Å². The molecule has 1 aliphatic rings. The number of carbonyl (C=O) groups is 1. The fraction of sp³-hybridized carbons (Fsp3) is 0.368. The maximum absolute atomic E-state index is 12.7. The van der Waals surface area contributed by atoms with E-state index in [-0.39, 0.29) is 11.9 Å². The molecule has 0 saturated carbocycles. The van der Waals surface area contributed by atoms with Crippen molar-refractivity contribution in [2.24, 2.45) is 7.05 Å². The van der Waals surface area contributed by atoms with E-state index in [2.05, 4.69) is 41.3 Å². The summed E-state index contributed by atoms with van der Waals surface area (Å²) in [7, 11) is 2.06. The quantitative estimate of drug-likeness (QED) is 0.898. The zero-order valence-electron chi connectivity index (χ0n) is 14.1. The molecule has 124 valence electrons. The van der Waals surface area contributed by atoms with Gasteiger partial charge in [0.25, 0.3) is 5.91 Å². The van der Waals surface area contributed by atoms with Crippen LogP contribution in [-0.4, -0.2) is 23.1 Å². The summed E-state index contributed by atoms with van der Waals surface area (Å²) >= 11 is 0. The van der Waals surface area contributed by atoms with Crippen molar-refractivity contribution in [3.8, 4) is 6.07 Å². The summed E-state index contributed by atoms with van der Waals surface area (Å²) in [5.74, 6) is 0.00111. The molecular weight excluding hydrogens is 300 g/mol. The van der Waals surface area contributed by atoms with Gasteiger partial charge in [-0.15, -0.1) is 0 Å². The van der Waals surface area contributed by atoms with Crippen LogP contribution in [0.2, 0.25) is 0 Å². The third-order valence-electron chi connectivity index (χ3n) is 4.96. The van der Waals surface area contributed by atoms with Crippen LogP contribution in [0.5, 0.6) is 0 Å². The van der Waals surface area contributed by atoms with Crippen molar-refractivity contribution in [3.05, 3.63) is 53.9 Å². The van der Waals surface area contributed by atoms with Gasteiger partial charge in [-0.2, -0.15) is 5.26 Å². The second-order valence-corrected chi connectivity index (χ2v) is 6.47. The fourth-order valence-corrected chi connectivity index (χ4v) is 3.65. The smallest absolute Gasteiger partial charge is 0.282 e. The first-order valence-electron chi connectivity index (χ1n) is 8.38. The van der Waals surface area contributed by atoms with Crippen LogP contribution in [0.1, 0.15) is 37.1 Å². The molecule has 1 amide bonds. The molecule has 2 N–H and O–H groups in total. The second kappa shape index (κ2) is 6.90. The number of quaternary nitrogens is 1. The lowest BCUT2D eigenvalue weighted by Gasteiger charge is -2.27. The summed E-state index contributed by atoms with van der Waals surface area (Å²) in [5.41, 5.74) is 2.52. The lowest BCUT2D eigenvalue weighted by atomic mass is 10.1. The van der Waals surface area contributed by atoms with Gasteiger partial charge in [0, 0.05) is 31.8 Å².